The number of benzene rings is 1. The Labute approximate surface area is 80.7 Å². The normalized spacial score (nSPS) is 11.4. The number of carbonyl (C=O) groups is 1. The third kappa shape index (κ3) is 2.26. The number of rotatable bonds is 2. The zero-order valence-corrected chi connectivity index (χ0v) is 7.56. The van der Waals surface area contributed by atoms with Gasteiger partial charge in [-0.15, -0.1) is 0 Å². The molecule has 0 unspecified atom stereocenters. The van der Waals surface area contributed by atoms with Gasteiger partial charge < -0.3 is 15.3 Å². The fraction of sp³-hybridized carbons (Fsp3) is 0.100. The minimum Gasteiger partial charge on any atom is -0.508 e. The Bertz CT molecular complexity index is 393. The van der Waals surface area contributed by atoms with Crippen molar-refractivity contribution in [3.63, 3.8) is 0 Å². The van der Waals surface area contributed by atoms with Crippen LogP contribution in [0.3, 0.4) is 0 Å². The highest BCUT2D eigenvalue weighted by atomic mass is 16.4. The maximum atomic E-state index is 10.4. The molecule has 0 saturated heterocycles. The molecule has 4 heteroatoms. The van der Waals surface area contributed by atoms with Gasteiger partial charge in [-0.25, -0.2) is 4.79 Å². The molecule has 0 saturated carbocycles. The SMILES string of the molecule is C/C(=C/C(=O)O)c1ccc(O)cc1O. The number of phenols is 2. The van der Waals surface area contributed by atoms with Crippen LogP contribution >= 0.6 is 0 Å². The first-order valence-corrected chi connectivity index (χ1v) is 3.94. The zero-order valence-electron chi connectivity index (χ0n) is 7.56. The Morgan fingerprint density at radius 3 is 2.50 bits per heavy atom. The van der Waals surface area contributed by atoms with Gasteiger partial charge in [-0.3, -0.25) is 0 Å². The molecule has 0 radical (unpaired) electrons. The van der Waals surface area contributed by atoms with Crippen LogP contribution in [0.4, 0.5) is 0 Å². The molecule has 0 spiro atoms. The van der Waals surface area contributed by atoms with Crippen molar-refractivity contribution in [1.29, 1.82) is 0 Å². The predicted molar refractivity (Wildman–Crippen MR) is 51.1 cm³/mol. The van der Waals surface area contributed by atoms with E-state index < -0.39 is 5.97 Å². The molecule has 1 aromatic rings. The van der Waals surface area contributed by atoms with E-state index in [1.54, 1.807) is 6.92 Å². The van der Waals surface area contributed by atoms with Gasteiger partial charge in [0.05, 0.1) is 0 Å². The van der Waals surface area contributed by atoms with Crippen molar-refractivity contribution in [1.82, 2.24) is 0 Å². The molecule has 0 aliphatic rings. The number of hydrogen-bond donors (Lipinski definition) is 3. The summed E-state index contributed by atoms with van der Waals surface area (Å²) in [7, 11) is 0. The van der Waals surface area contributed by atoms with Gasteiger partial charge in [0.25, 0.3) is 0 Å². The quantitative estimate of drug-likeness (QED) is 0.624. The van der Waals surface area contributed by atoms with Crippen LogP contribution in [0.2, 0.25) is 0 Å². The molecule has 0 atom stereocenters. The van der Waals surface area contributed by atoms with E-state index in [1.165, 1.54) is 12.1 Å². The second-order valence-electron chi connectivity index (χ2n) is 2.87. The summed E-state index contributed by atoms with van der Waals surface area (Å²) in [6.07, 6.45) is 0.992. The Balaban J connectivity index is 3.14. The number of carboxylic acids is 1. The summed E-state index contributed by atoms with van der Waals surface area (Å²) < 4.78 is 0. The lowest BCUT2D eigenvalue weighted by atomic mass is 10.1. The third-order valence-electron chi connectivity index (χ3n) is 1.75. The molecule has 0 aliphatic heterocycles. The first-order valence-electron chi connectivity index (χ1n) is 3.94. The number of aliphatic carboxylic acids is 1. The summed E-state index contributed by atoms with van der Waals surface area (Å²) in [6.45, 7) is 1.57. The molecular formula is C10H10O4. The van der Waals surface area contributed by atoms with E-state index in [0.29, 0.717) is 11.1 Å². The molecule has 1 aromatic carbocycles. The van der Waals surface area contributed by atoms with E-state index in [-0.39, 0.29) is 11.5 Å². The third-order valence-corrected chi connectivity index (χ3v) is 1.75. The number of aromatic hydroxyl groups is 2. The van der Waals surface area contributed by atoms with Gasteiger partial charge in [0, 0.05) is 17.7 Å². The summed E-state index contributed by atoms with van der Waals surface area (Å²) in [5, 5.41) is 26.9. The second kappa shape index (κ2) is 3.83. The lowest BCUT2D eigenvalue weighted by Gasteiger charge is -2.04. The Morgan fingerprint density at radius 2 is 2.00 bits per heavy atom. The average Bonchev–Trinajstić information content (AvgIpc) is 2.01. The van der Waals surface area contributed by atoms with Crippen molar-refractivity contribution in [3.8, 4) is 11.5 Å². The van der Waals surface area contributed by atoms with Gasteiger partial charge >= 0.3 is 5.97 Å². The summed E-state index contributed by atoms with van der Waals surface area (Å²) in [4.78, 5) is 10.4. The maximum absolute atomic E-state index is 10.4. The van der Waals surface area contributed by atoms with Crippen LogP contribution in [0, 0.1) is 0 Å². The monoisotopic (exact) mass is 194 g/mol. The van der Waals surface area contributed by atoms with Crippen molar-refractivity contribution in [2.75, 3.05) is 0 Å². The molecule has 74 valence electrons. The highest BCUT2D eigenvalue weighted by Gasteiger charge is 2.05. The molecule has 0 bridgehead atoms. The van der Waals surface area contributed by atoms with Gasteiger partial charge in [0.2, 0.25) is 0 Å². The van der Waals surface area contributed by atoms with Crippen LogP contribution in [0.5, 0.6) is 11.5 Å². The minimum atomic E-state index is -1.07. The smallest absolute Gasteiger partial charge is 0.328 e. The van der Waals surface area contributed by atoms with E-state index in [4.69, 9.17) is 10.2 Å². The predicted octanol–water partition coefficient (Wildman–Crippen LogP) is 1.59. The van der Waals surface area contributed by atoms with Crippen LogP contribution < -0.4 is 0 Å². The van der Waals surface area contributed by atoms with E-state index in [1.807, 2.05) is 0 Å². The molecular weight excluding hydrogens is 184 g/mol. The molecule has 0 fully saturated rings. The van der Waals surface area contributed by atoms with Crippen molar-refractivity contribution < 1.29 is 20.1 Å². The van der Waals surface area contributed by atoms with Crippen LogP contribution in [-0.2, 0) is 4.79 Å². The van der Waals surface area contributed by atoms with E-state index >= 15 is 0 Å². The summed E-state index contributed by atoms with van der Waals surface area (Å²) >= 11 is 0. The first kappa shape index (κ1) is 10.1. The number of carboxylic acid groups (broad SMARTS) is 1. The molecule has 3 N–H and O–H groups in total. The fourth-order valence-electron chi connectivity index (χ4n) is 1.12. The van der Waals surface area contributed by atoms with E-state index in [0.717, 1.165) is 12.1 Å². The van der Waals surface area contributed by atoms with Crippen LogP contribution in [0.25, 0.3) is 5.57 Å². The van der Waals surface area contributed by atoms with Crippen LogP contribution in [-0.4, -0.2) is 21.3 Å². The second-order valence-corrected chi connectivity index (χ2v) is 2.87. The summed E-state index contributed by atoms with van der Waals surface area (Å²) in [5.41, 5.74) is 0.820. The Morgan fingerprint density at radius 1 is 1.36 bits per heavy atom. The van der Waals surface area contributed by atoms with Crippen molar-refractivity contribution in [3.05, 3.63) is 29.8 Å². The van der Waals surface area contributed by atoms with Gasteiger partial charge in [-0.1, -0.05) is 0 Å². The maximum Gasteiger partial charge on any atom is 0.328 e. The van der Waals surface area contributed by atoms with Crippen LogP contribution in [0.1, 0.15) is 12.5 Å². The van der Waals surface area contributed by atoms with Gasteiger partial charge in [-0.05, 0) is 24.6 Å². The number of hydrogen-bond acceptors (Lipinski definition) is 3. The molecule has 0 aliphatic carbocycles. The van der Waals surface area contributed by atoms with Crippen molar-refractivity contribution in [2.45, 2.75) is 6.92 Å². The molecule has 4 nitrogen and oxygen atoms in total. The topological polar surface area (TPSA) is 77.8 Å². The largest absolute Gasteiger partial charge is 0.508 e. The standard InChI is InChI=1S/C10H10O4/c1-6(4-10(13)14)8-3-2-7(11)5-9(8)12/h2-5,11-12H,1H3,(H,13,14)/b6-4-. The van der Waals surface area contributed by atoms with Gasteiger partial charge in [-0.2, -0.15) is 0 Å². The van der Waals surface area contributed by atoms with Crippen molar-refractivity contribution in [2.24, 2.45) is 0 Å². The van der Waals surface area contributed by atoms with Crippen LogP contribution in [0.15, 0.2) is 24.3 Å². The molecule has 14 heavy (non-hydrogen) atoms. The highest BCUT2D eigenvalue weighted by Crippen LogP contribution is 2.28. The molecule has 0 heterocycles. The number of phenolic OH excluding ortho intramolecular Hbond substituents is 2. The van der Waals surface area contributed by atoms with Gasteiger partial charge in [0.1, 0.15) is 11.5 Å². The number of allylic oxidation sites excluding steroid dienone is 1. The van der Waals surface area contributed by atoms with Gasteiger partial charge in [0.15, 0.2) is 0 Å². The Hall–Kier alpha value is -1.97. The zero-order chi connectivity index (χ0) is 10.7. The van der Waals surface area contributed by atoms with E-state index in [9.17, 15) is 9.90 Å². The van der Waals surface area contributed by atoms with Crippen molar-refractivity contribution >= 4 is 11.5 Å². The summed E-state index contributed by atoms with van der Waals surface area (Å²) in [6, 6.07) is 4.00. The molecule has 0 aromatic heterocycles. The summed E-state index contributed by atoms with van der Waals surface area (Å²) in [5.74, 6) is -1.27. The lowest BCUT2D eigenvalue weighted by Crippen LogP contribution is -1.90. The fourth-order valence-corrected chi connectivity index (χ4v) is 1.12. The molecule has 0 amide bonds. The lowest BCUT2D eigenvalue weighted by molar-refractivity contribution is -0.131. The molecule has 1 rings (SSSR count). The highest BCUT2D eigenvalue weighted by molar-refractivity contribution is 5.90. The van der Waals surface area contributed by atoms with E-state index in [2.05, 4.69) is 0 Å². The Kier molecular flexibility index (Phi) is 2.76. The minimum absolute atomic E-state index is 0.0608. The average molecular weight is 194 g/mol. The first-order chi connectivity index (χ1) is 6.50.